The molecule has 0 amide bonds. The molecule has 1 atom stereocenters. The molecule has 0 radical (unpaired) electrons. The van der Waals surface area contributed by atoms with E-state index >= 15 is 0 Å². The summed E-state index contributed by atoms with van der Waals surface area (Å²) >= 11 is 0. The second-order valence-corrected chi connectivity index (χ2v) is 9.97. The van der Waals surface area contributed by atoms with Crippen LogP contribution in [0.4, 0.5) is 23.4 Å². The first-order chi connectivity index (χ1) is 19.2. The van der Waals surface area contributed by atoms with Crippen molar-refractivity contribution in [2.24, 2.45) is 0 Å². The van der Waals surface area contributed by atoms with Gasteiger partial charge in [0, 0.05) is 76.5 Å². The minimum Gasteiger partial charge on any atom is -0.383 e. The molecule has 0 saturated carbocycles. The highest BCUT2D eigenvalue weighted by Crippen LogP contribution is 2.37. The van der Waals surface area contributed by atoms with E-state index in [4.69, 9.17) is 19.2 Å². The molecule has 204 valence electrons. The summed E-state index contributed by atoms with van der Waals surface area (Å²) in [6.45, 7) is 8.20. The number of hydrogen-bond acceptors (Lipinski definition) is 11. The molecule has 6 rings (SSSR count). The molecule has 2 aliphatic rings. The number of nitrogens with one attached hydrogen (secondary N) is 2. The largest absolute Gasteiger partial charge is 0.383 e. The molecule has 2 aliphatic heterocycles. The summed E-state index contributed by atoms with van der Waals surface area (Å²) in [5.41, 5.74) is 2.50. The molecule has 2 N–H and O–H groups in total. The molecule has 4 aromatic rings. The van der Waals surface area contributed by atoms with Gasteiger partial charge in [-0.2, -0.15) is 15.1 Å². The van der Waals surface area contributed by atoms with Crippen LogP contribution in [-0.4, -0.2) is 88.2 Å². The quantitative estimate of drug-likeness (QED) is 0.331. The zero-order chi connectivity index (χ0) is 26.6. The number of nitrogens with zero attached hydrogens (tertiary/aromatic N) is 8. The molecule has 12 heteroatoms. The van der Waals surface area contributed by atoms with Crippen LogP contribution < -0.4 is 15.1 Å². The Bertz CT molecular complexity index is 1370. The van der Waals surface area contributed by atoms with Gasteiger partial charge in [0.25, 0.3) is 0 Å². The van der Waals surface area contributed by atoms with Gasteiger partial charge in [-0.15, -0.1) is 0 Å². The topological polar surface area (TPSA) is 124 Å². The van der Waals surface area contributed by atoms with E-state index in [1.807, 2.05) is 43.3 Å². The number of rotatable bonds is 9. The standard InChI is InChI=1S/C27H34N10O2/c1-19-16-25(33-32-19)29-24-18-26(36-12-10-35(11-13-36)14-15-38-2)31-27(30-24)37-9-5-7-22(37)23-17-21(34-39-23)20-6-3-4-8-28-20/h3-4,6,8,16-18,22H,5,7,9-15H2,1-2H3,(H2,29,30,31,32,33)/t22-/m0/s1. The van der Waals surface area contributed by atoms with Crippen molar-refractivity contribution in [2.75, 3.05) is 68.1 Å². The number of aromatic amines is 1. The Balaban J connectivity index is 1.27. The Hall–Kier alpha value is -4.03. The molecule has 0 unspecified atom stereocenters. The molecular weight excluding hydrogens is 496 g/mol. The highest BCUT2D eigenvalue weighted by atomic mass is 16.5. The maximum atomic E-state index is 5.83. The number of aryl methyl sites for hydroxylation is 1. The fourth-order valence-electron chi connectivity index (χ4n) is 5.19. The fourth-order valence-corrected chi connectivity index (χ4v) is 5.19. The Morgan fingerprint density at radius 2 is 1.95 bits per heavy atom. The number of piperazine rings is 1. The first-order valence-electron chi connectivity index (χ1n) is 13.5. The molecule has 12 nitrogen and oxygen atoms in total. The van der Waals surface area contributed by atoms with Crippen molar-refractivity contribution in [3.63, 3.8) is 0 Å². The Labute approximate surface area is 227 Å². The van der Waals surface area contributed by atoms with Gasteiger partial charge in [0.2, 0.25) is 5.95 Å². The maximum absolute atomic E-state index is 5.83. The molecule has 0 aromatic carbocycles. The molecule has 2 fully saturated rings. The first kappa shape index (κ1) is 25.3. The lowest BCUT2D eigenvalue weighted by Crippen LogP contribution is -2.47. The number of H-pyrrole nitrogens is 1. The van der Waals surface area contributed by atoms with E-state index in [9.17, 15) is 0 Å². The van der Waals surface area contributed by atoms with Crippen LogP contribution in [0.2, 0.25) is 0 Å². The number of pyridine rings is 1. The van der Waals surface area contributed by atoms with Crippen LogP contribution in [0.1, 0.15) is 30.3 Å². The van der Waals surface area contributed by atoms with Crippen molar-refractivity contribution in [2.45, 2.75) is 25.8 Å². The monoisotopic (exact) mass is 530 g/mol. The molecule has 0 spiro atoms. The average Bonchev–Trinajstić information content (AvgIpc) is 3.74. The van der Waals surface area contributed by atoms with Gasteiger partial charge in [0.15, 0.2) is 11.6 Å². The van der Waals surface area contributed by atoms with Gasteiger partial charge in [-0.1, -0.05) is 11.2 Å². The summed E-state index contributed by atoms with van der Waals surface area (Å²) < 4.78 is 11.1. The van der Waals surface area contributed by atoms with Gasteiger partial charge in [-0.25, -0.2) is 0 Å². The van der Waals surface area contributed by atoms with Gasteiger partial charge in [0.05, 0.1) is 18.3 Å². The summed E-state index contributed by atoms with van der Waals surface area (Å²) in [4.78, 5) is 21.4. The molecule has 6 heterocycles. The summed E-state index contributed by atoms with van der Waals surface area (Å²) in [5, 5.41) is 15.0. The van der Waals surface area contributed by atoms with Gasteiger partial charge in [-0.05, 0) is 31.9 Å². The van der Waals surface area contributed by atoms with E-state index < -0.39 is 0 Å². The lowest BCUT2D eigenvalue weighted by molar-refractivity contribution is 0.144. The van der Waals surface area contributed by atoms with Crippen molar-refractivity contribution >= 4 is 23.4 Å². The first-order valence-corrected chi connectivity index (χ1v) is 13.5. The van der Waals surface area contributed by atoms with Crippen LogP contribution in [-0.2, 0) is 4.74 Å². The number of hydrogen-bond donors (Lipinski definition) is 2. The minimum atomic E-state index is -0.00317. The maximum Gasteiger partial charge on any atom is 0.229 e. The normalized spacial score (nSPS) is 18.2. The second-order valence-electron chi connectivity index (χ2n) is 9.97. The van der Waals surface area contributed by atoms with Crippen LogP contribution in [0.25, 0.3) is 11.4 Å². The Kier molecular flexibility index (Phi) is 7.37. The summed E-state index contributed by atoms with van der Waals surface area (Å²) in [6.07, 6.45) is 3.71. The van der Waals surface area contributed by atoms with Crippen LogP contribution >= 0.6 is 0 Å². The molecule has 0 aliphatic carbocycles. The van der Waals surface area contributed by atoms with E-state index in [1.54, 1.807) is 13.3 Å². The third kappa shape index (κ3) is 5.71. The van der Waals surface area contributed by atoms with E-state index in [1.165, 1.54) is 0 Å². The van der Waals surface area contributed by atoms with Crippen molar-refractivity contribution in [3.05, 3.63) is 54.0 Å². The minimum absolute atomic E-state index is 0.00317. The van der Waals surface area contributed by atoms with Crippen LogP contribution in [0, 0.1) is 6.92 Å². The summed E-state index contributed by atoms with van der Waals surface area (Å²) in [7, 11) is 1.75. The highest BCUT2D eigenvalue weighted by Gasteiger charge is 2.32. The van der Waals surface area contributed by atoms with Crippen molar-refractivity contribution in [1.29, 1.82) is 0 Å². The number of ether oxygens (including phenoxy) is 1. The summed E-state index contributed by atoms with van der Waals surface area (Å²) in [6, 6.07) is 11.7. The number of anilines is 4. The molecule has 0 bridgehead atoms. The third-order valence-electron chi connectivity index (χ3n) is 7.26. The molecule has 39 heavy (non-hydrogen) atoms. The van der Waals surface area contributed by atoms with Gasteiger partial charge < -0.3 is 24.4 Å². The number of methoxy groups -OCH3 is 1. The Morgan fingerprint density at radius 1 is 1.05 bits per heavy atom. The zero-order valence-electron chi connectivity index (χ0n) is 22.4. The predicted molar refractivity (Wildman–Crippen MR) is 148 cm³/mol. The summed E-state index contributed by atoms with van der Waals surface area (Å²) in [5.74, 6) is 3.80. The molecular formula is C27H34N10O2. The van der Waals surface area contributed by atoms with E-state index in [-0.39, 0.29) is 6.04 Å². The fraction of sp³-hybridized carbons (Fsp3) is 0.444. The van der Waals surface area contributed by atoms with E-state index in [0.29, 0.717) is 11.8 Å². The zero-order valence-corrected chi connectivity index (χ0v) is 22.4. The van der Waals surface area contributed by atoms with Crippen molar-refractivity contribution < 1.29 is 9.26 Å². The smallest absolute Gasteiger partial charge is 0.229 e. The third-order valence-corrected chi connectivity index (χ3v) is 7.26. The van der Waals surface area contributed by atoms with Gasteiger partial charge in [0.1, 0.15) is 17.3 Å². The van der Waals surface area contributed by atoms with E-state index in [2.05, 4.69) is 40.4 Å². The molecule has 2 saturated heterocycles. The average molecular weight is 531 g/mol. The Morgan fingerprint density at radius 3 is 2.72 bits per heavy atom. The number of aromatic nitrogens is 6. The lowest BCUT2D eigenvalue weighted by atomic mass is 10.1. The lowest BCUT2D eigenvalue weighted by Gasteiger charge is -2.35. The second kappa shape index (κ2) is 11.4. The van der Waals surface area contributed by atoms with Crippen LogP contribution in [0.15, 0.2) is 47.1 Å². The van der Waals surface area contributed by atoms with Crippen molar-refractivity contribution in [1.82, 2.24) is 35.2 Å². The van der Waals surface area contributed by atoms with E-state index in [0.717, 1.165) is 93.2 Å². The predicted octanol–water partition coefficient (Wildman–Crippen LogP) is 3.41. The van der Waals surface area contributed by atoms with Crippen LogP contribution in [0.5, 0.6) is 0 Å². The SMILES string of the molecule is COCCN1CCN(c2cc(Nc3cc(C)[nH]n3)nc(N3CCC[C@H]3c3cc(-c4ccccn4)no3)n2)CC1. The van der Waals surface area contributed by atoms with Gasteiger partial charge >= 0.3 is 0 Å². The van der Waals surface area contributed by atoms with Crippen LogP contribution in [0.3, 0.4) is 0 Å². The van der Waals surface area contributed by atoms with Gasteiger partial charge in [-0.3, -0.25) is 15.0 Å². The molecule has 4 aromatic heterocycles. The van der Waals surface area contributed by atoms with Crippen molar-refractivity contribution in [3.8, 4) is 11.4 Å². The highest BCUT2D eigenvalue weighted by molar-refractivity contribution is 5.61.